The normalized spacial score (nSPS) is 19.0. The minimum atomic E-state index is -0.520. The van der Waals surface area contributed by atoms with E-state index < -0.39 is 6.10 Å². The number of nitrogens with zero attached hydrogens (tertiary/aromatic N) is 1. The van der Waals surface area contributed by atoms with Gasteiger partial charge in [-0.1, -0.05) is 30.3 Å². The first-order valence-corrected chi connectivity index (χ1v) is 8.66. The zero-order valence-corrected chi connectivity index (χ0v) is 13.3. The lowest BCUT2D eigenvalue weighted by atomic mass is 10.1. The first kappa shape index (κ1) is 16.3. The topological polar surface area (TPSA) is 52.6 Å². The molecule has 5 heteroatoms. The zero-order valence-electron chi connectivity index (χ0n) is 12.5. The Morgan fingerprint density at radius 3 is 2.67 bits per heavy atom. The molecule has 2 rings (SSSR count). The highest BCUT2D eigenvalue weighted by Crippen LogP contribution is 2.15. The van der Waals surface area contributed by atoms with Crippen LogP contribution >= 0.6 is 11.8 Å². The summed E-state index contributed by atoms with van der Waals surface area (Å²) >= 11 is 1.94. The van der Waals surface area contributed by atoms with E-state index in [1.165, 1.54) is 0 Å². The van der Waals surface area contributed by atoms with Crippen LogP contribution < -0.4 is 5.32 Å². The van der Waals surface area contributed by atoms with Crippen molar-refractivity contribution in [2.75, 3.05) is 31.1 Å². The highest BCUT2D eigenvalue weighted by molar-refractivity contribution is 7.99. The maximum Gasteiger partial charge on any atom is 0.237 e. The van der Waals surface area contributed by atoms with E-state index in [9.17, 15) is 9.90 Å². The number of nitrogens with one attached hydrogen (secondary N) is 1. The Bertz CT molecular complexity index is 435. The lowest BCUT2D eigenvalue weighted by Gasteiger charge is -2.31. The molecule has 0 aliphatic carbocycles. The van der Waals surface area contributed by atoms with Crippen LogP contribution in [0.15, 0.2) is 30.3 Å². The summed E-state index contributed by atoms with van der Waals surface area (Å²) < 4.78 is 0. The van der Waals surface area contributed by atoms with Crippen molar-refractivity contribution in [2.24, 2.45) is 0 Å². The van der Waals surface area contributed by atoms with Crippen LogP contribution in [0, 0.1) is 0 Å². The van der Waals surface area contributed by atoms with Crippen molar-refractivity contribution in [3.8, 4) is 0 Å². The lowest BCUT2D eigenvalue weighted by molar-refractivity contribution is -0.125. The number of thioether (sulfide) groups is 1. The third kappa shape index (κ3) is 5.02. The summed E-state index contributed by atoms with van der Waals surface area (Å²) in [5.41, 5.74) is 0.896. The fourth-order valence-corrected chi connectivity index (χ4v) is 3.38. The summed E-state index contributed by atoms with van der Waals surface area (Å²) in [5, 5.41) is 13.0. The van der Waals surface area contributed by atoms with Crippen molar-refractivity contribution in [2.45, 2.75) is 25.5 Å². The van der Waals surface area contributed by atoms with Gasteiger partial charge in [-0.2, -0.15) is 11.8 Å². The molecular formula is C16H24N2O2S. The van der Waals surface area contributed by atoms with Crippen LogP contribution in [0.4, 0.5) is 0 Å². The smallest absolute Gasteiger partial charge is 0.237 e. The largest absolute Gasteiger partial charge is 0.388 e. The van der Waals surface area contributed by atoms with Crippen LogP contribution in [0.25, 0.3) is 0 Å². The van der Waals surface area contributed by atoms with E-state index in [2.05, 4.69) is 10.2 Å². The second-order valence-corrected chi connectivity index (χ2v) is 6.56. The molecule has 0 radical (unpaired) electrons. The minimum Gasteiger partial charge on any atom is -0.388 e. The minimum absolute atomic E-state index is 0.0576. The number of carbonyl (C=O) groups excluding carboxylic acids is 1. The van der Waals surface area contributed by atoms with Gasteiger partial charge in [-0.25, -0.2) is 0 Å². The summed E-state index contributed by atoms with van der Waals surface area (Å²) in [6, 6.07) is 9.47. The number of aliphatic hydroxyl groups excluding tert-OH is 1. The number of carbonyl (C=O) groups is 1. The first-order chi connectivity index (χ1) is 10.2. The Morgan fingerprint density at radius 1 is 1.33 bits per heavy atom. The average Bonchev–Trinajstić information content (AvgIpc) is 2.55. The quantitative estimate of drug-likeness (QED) is 0.839. The molecule has 2 atom stereocenters. The average molecular weight is 308 g/mol. The Hall–Kier alpha value is -1.04. The first-order valence-electron chi connectivity index (χ1n) is 7.51. The summed E-state index contributed by atoms with van der Waals surface area (Å²) in [6.07, 6.45) is 0.0198. The zero-order chi connectivity index (χ0) is 15.1. The van der Waals surface area contributed by atoms with Crippen molar-refractivity contribution in [1.82, 2.24) is 10.2 Å². The monoisotopic (exact) mass is 308 g/mol. The van der Waals surface area contributed by atoms with Crippen LogP contribution in [0.2, 0.25) is 0 Å². The van der Waals surface area contributed by atoms with Gasteiger partial charge in [0, 0.05) is 31.1 Å². The van der Waals surface area contributed by atoms with Crippen molar-refractivity contribution >= 4 is 17.7 Å². The number of hydrogen-bond acceptors (Lipinski definition) is 4. The van der Waals surface area contributed by atoms with E-state index in [0.717, 1.165) is 30.2 Å². The molecule has 1 aliphatic rings. The van der Waals surface area contributed by atoms with E-state index in [-0.39, 0.29) is 11.9 Å². The van der Waals surface area contributed by atoms with Gasteiger partial charge in [0.25, 0.3) is 0 Å². The van der Waals surface area contributed by atoms with E-state index in [1.807, 2.05) is 49.0 Å². The van der Waals surface area contributed by atoms with Crippen LogP contribution in [-0.2, 0) is 4.79 Å². The Balaban J connectivity index is 1.71. The van der Waals surface area contributed by atoms with Gasteiger partial charge in [-0.3, -0.25) is 9.69 Å². The van der Waals surface area contributed by atoms with Crippen LogP contribution in [0.3, 0.4) is 0 Å². The second-order valence-electron chi connectivity index (χ2n) is 5.33. The predicted octanol–water partition coefficient (Wildman–Crippen LogP) is 1.66. The fourth-order valence-electron chi connectivity index (χ4n) is 2.45. The molecule has 1 aliphatic heterocycles. The van der Waals surface area contributed by atoms with Gasteiger partial charge in [-0.15, -0.1) is 0 Å². The molecule has 1 aromatic rings. The molecule has 2 N–H and O–H groups in total. The maximum absolute atomic E-state index is 12.1. The van der Waals surface area contributed by atoms with Crippen LogP contribution in [0.1, 0.15) is 25.0 Å². The molecule has 0 aromatic heterocycles. The van der Waals surface area contributed by atoms with Crippen molar-refractivity contribution < 1.29 is 9.90 Å². The van der Waals surface area contributed by atoms with Gasteiger partial charge in [0.05, 0.1) is 12.1 Å². The van der Waals surface area contributed by atoms with Crippen molar-refractivity contribution in [3.63, 3.8) is 0 Å². The van der Waals surface area contributed by atoms with E-state index in [1.54, 1.807) is 0 Å². The van der Waals surface area contributed by atoms with E-state index >= 15 is 0 Å². The Kier molecular flexibility index (Phi) is 6.54. The second kappa shape index (κ2) is 8.41. The number of benzene rings is 1. The molecule has 1 amide bonds. The van der Waals surface area contributed by atoms with Gasteiger partial charge in [0.1, 0.15) is 0 Å². The highest BCUT2D eigenvalue weighted by Gasteiger charge is 2.22. The van der Waals surface area contributed by atoms with Crippen molar-refractivity contribution in [3.05, 3.63) is 35.9 Å². The molecular weight excluding hydrogens is 284 g/mol. The Morgan fingerprint density at radius 2 is 2.00 bits per heavy atom. The third-order valence-corrected chi connectivity index (χ3v) is 4.82. The number of hydrogen-bond donors (Lipinski definition) is 2. The molecule has 4 nitrogen and oxygen atoms in total. The molecule has 1 saturated heterocycles. The standard InChI is InChI=1S/C16H24N2O2S/c1-13(18-9-11-21-12-10-18)16(20)17-8-7-15(19)14-5-3-2-4-6-14/h2-6,13,15,19H,7-12H2,1H3,(H,17,20). The third-order valence-electron chi connectivity index (χ3n) is 3.87. The highest BCUT2D eigenvalue weighted by atomic mass is 32.2. The van der Waals surface area contributed by atoms with Crippen LogP contribution in [-0.4, -0.2) is 53.1 Å². The molecule has 116 valence electrons. The molecule has 2 unspecified atom stereocenters. The Labute approximate surface area is 130 Å². The molecule has 1 heterocycles. The van der Waals surface area contributed by atoms with Gasteiger partial charge < -0.3 is 10.4 Å². The fraction of sp³-hybridized carbons (Fsp3) is 0.562. The summed E-state index contributed by atoms with van der Waals surface area (Å²) in [5.74, 6) is 2.26. The molecule has 0 bridgehead atoms. The van der Waals surface area contributed by atoms with E-state index in [4.69, 9.17) is 0 Å². The van der Waals surface area contributed by atoms with Gasteiger partial charge >= 0.3 is 0 Å². The van der Waals surface area contributed by atoms with Crippen molar-refractivity contribution in [1.29, 1.82) is 0 Å². The molecule has 1 aromatic carbocycles. The number of amides is 1. The summed E-state index contributed by atoms with van der Waals surface area (Å²) in [7, 11) is 0. The number of aliphatic hydroxyl groups is 1. The van der Waals surface area contributed by atoms with Gasteiger partial charge in [0.15, 0.2) is 0 Å². The molecule has 0 saturated carbocycles. The lowest BCUT2D eigenvalue weighted by Crippen LogP contribution is -2.48. The molecule has 1 fully saturated rings. The summed E-state index contributed by atoms with van der Waals surface area (Å²) in [6.45, 7) is 4.42. The molecule has 21 heavy (non-hydrogen) atoms. The molecule has 0 spiro atoms. The maximum atomic E-state index is 12.1. The van der Waals surface area contributed by atoms with Gasteiger partial charge in [-0.05, 0) is 18.9 Å². The van der Waals surface area contributed by atoms with Crippen LogP contribution in [0.5, 0.6) is 0 Å². The predicted molar refractivity (Wildman–Crippen MR) is 87.4 cm³/mol. The van der Waals surface area contributed by atoms with Gasteiger partial charge in [0.2, 0.25) is 5.91 Å². The SMILES string of the molecule is CC(C(=O)NCCC(O)c1ccccc1)N1CCSCC1. The van der Waals surface area contributed by atoms with E-state index in [0.29, 0.717) is 13.0 Å². The summed E-state index contributed by atoms with van der Waals surface area (Å²) in [4.78, 5) is 14.3. The number of rotatable bonds is 6.